The number of aromatic nitrogens is 1. The maximum absolute atomic E-state index is 12.2. The molecule has 0 aliphatic heterocycles. The van der Waals surface area contributed by atoms with Gasteiger partial charge in [0.2, 0.25) is 0 Å². The molecule has 0 amide bonds. The maximum Gasteiger partial charge on any atom is 0.385 e. The monoisotopic (exact) mass is 352 g/mol. The summed E-state index contributed by atoms with van der Waals surface area (Å²) in [4.78, 5) is 4.11. The first-order valence-corrected chi connectivity index (χ1v) is 8.55. The Labute approximate surface area is 141 Å². The Kier molecular flexibility index (Phi) is 5.41. The van der Waals surface area contributed by atoms with Crippen molar-refractivity contribution in [2.75, 3.05) is 13.6 Å². The van der Waals surface area contributed by atoms with E-state index < -0.39 is 10.3 Å². The van der Waals surface area contributed by atoms with Gasteiger partial charge in [-0.1, -0.05) is 41.9 Å². The first kappa shape index (κ1) is 17.5. The molecule has 0 bridgehead atoms. The van der Waals surface area contributed by atoms with Gasteiger partial charge in [0.1, 0.15) is 10.9 Å². The van der Waals surface area contributed by atoms with Crippen LogP contribution in [0.2, 0.25) is 5.15 Å². The molecule has 0 aliphatic carbocycles. The fraction of sp³-hybridized carbons (Fsp3) is 0.188. The zero-order valence-electron chi connectivity index (χ0n) is 12.9. The average Bonchev–Trinajstić information content (AvgIpc) is 2.49. The number of hydrogen-bond acceptors (Lipinski definition) is 4. The standard InChI is InChI=1S/C16H17ClN2O3S/c1-12-7-9-14(10-8-12)22-23(20,21)19(3)11-13(2)15-5-4-6-16(17)18-15/h4-10H,2,11H2,1,3H3. The summed E-state index contributed by atoms with van der Waals surface area (Å²) in [6.45, 7) is 5.81. The molecule has 1 heterocycles. The lowest BCUT2D eigenvalue weighted by atomic mass is 10.2. The summed E-state index contributed by atoms with van der Waals surface area (Å²) >= 11 is 5.83. The first-order valence-electron chi connectivity index (χ1n) is 6.81. The molecule has 0 atom stereocenters. The fourth-order valence-electron chi connectivity index (χ4n) is 1.81. The van der Waals surface area contributed by atoms with E-state index in [2.05, 4.69) is 11.6 Å². The second kappa shape index (κ2) is 7.12. The number of hydrogen-bond donors (Lipinski definition) is 0. The molecule has 5 nitrogen and oxygen atoms in total. The van der Waals surface area contributed by atoms with Crippen molar-refractivity contribution in [3.05, 3.63) is 65.5 Å². The van der Waals surface area contributed by atoms with Crippen molar-refractivity contribution in [2.45, 2.75) is 6.92 Å². The summed E-state index contributed by atoms with van der Waals surface area (Å²) in [6, 6.07) is 11.9. The molecule has 0 fully saturated rings. The van der Waals surface area contributed by atoms with Gasteiger partial charge in [-0.3, -0.25) is 0 Å². The Balaban J connectivity index is 2.07. The van der Waals surface area contributed by atoms with Crippen LogP contribution in [0.4, 0.5) is 0 Å². The zero-order chi connectivity index (χ0) is 17.0. The van der Waals surface area contributed by atoms with Crippen LogP contribution in [0.25, 0.3) is 5.57 Å². The highest BCUT2D eigenvalue weighted by Gasteiger charge is 2.21. The summed E-state index contributed by atoms with van der Waals surface area (Å²) < 4.78 is 30.6. The Morgan fingerprint density at radius 1 is 1.26 bits per heavy atom. The fourth-order valence-corrected chi connectivity index (χ4v) is 2.77. The molecule has 0 N–H and O–H groups in total. The average molecular weight is 353 g/mol. The maximum atomic E-state index is 12.2. The number of halogens is 1. The third-order valence-electron chi connectivity index (χ3n) is 3.10. The minimum atomic E-state index is -3.93. The number of aryl methyl sites for hydroxylation is 1. The Bertz CT molecular complexity index is 804. The highest BCUT2D eigenvalue weighted by atomic mass is 35.5. The van der Waals surface area contributed by atoms with Gasteiger partial charge in [0.05, 0.1) is 5.69 Å². The smallest absolute Gasteiger partial charge is 0.371 e. The van der Waals surface area contributed by atoms with E-state index in [9.17, 15) is 8.42 Å². The van der Waals surface area contributed by atoms with Crippen molar-refractivity contribution >= 4 is 27.5 Å². The van der Waals surface area contributed by atoms with E-state index in [0.717, 1.165) is 9.87 Å². The summed E-state index contributed by atoms with van der Waals surface area (Å²) in [6.07, 6.45) is 0. The lowest BCUT2D eigenvalue weighted by Crippen LogP contribution is -2.32. The predicted octanol–water partition coefficient (Wildman–Crippen LogP) is 3.31. The van der Waals surface area contributed by atoms with Gasteiger partial charge in [-0.15, -0.1) is 0 Å². The third-order valence-corrected chi connectivity index (χ3v) is 4.60. The van der Waals surface area contributed by atoms with Crippen LogP contribution in [0.3, 0.4) is 0 Å². The number of likely N-dealkylation sites (N-methyl/N-ethyl adjacent to an activating group) is 1. The SMILES string of the molecule is C=C(CN(C)S(=O)(=O)Oc1ccc(C)cc1)c1cccc(Cl)n1. The van der Waals surface area contributed by atoms with Crippen LogP contribution in [0.15, 0.2) is 49.0 Å². The van der Waals surface area contributed by atoms with Gasteiger partial charge in [-0.25, -0.2) is 4.98 Å². The molecule has 1 aromatic carbocycles. The highest BCUT2D eigenvalue weighted by Crippen LogP contribution is 2.18. The van der Waals surface area contributed by atoms with Gasteiger partial charge in [0.15, 0.2) is 0 Å². The molecule has 1 aromatic heterocycles. The van der Waals surface area contributed by atoms with E-state index in [-0.39, 0.29) is 12.3 Å². The quantitative estimate of drug-likeness (QED) is 0.748. The molecule has 0 saturated heterocycles. The van der Waals surface area contributed by atoms with Crippen LogP contribution in [0, 0.1) is 6.92 Å². The van der Waals surface area contributed by atoms with Crippen LogP contribution in [-0.2, 0) is 10.3 Å². The summed E-state index contributed by atoms with van der Waals surface area (Å²) in [5.74, 6) is 0.258. The molecule has 122 valence electrons. The van der Waals surface area contributed by atoms with Gasteiger partial charge in [-0.2, -0.15) is 12.7 Å². The number of benzene rings is 1. The zero-order valence-corrected chi connectivity index (χ0v) is 14.4. The second-order valence-electron chi connectivity index (χ2n) is 5.06. The van der Waals surface area contributed by atoms with E-state index in [1.165, 1.54) is 7.05 Å². The van der Waals surface area contributed by atoms with Crippen LogP contribution >= 0.6 is 11.6 Å². The largest absolute Gasteiger partial charge is 0.385 e. The molecule has 0 radical (unpaired) electrons. The van der Waals surface area contributed by atoms with E-state index in [1.54, 1.807) is 42.5 Å². The first-order chi connectivity index (χ1) is 10.8. The molecule has 2 aromatic rings. The molecule has 0 unspecified atom stereocenters. The molecule has 23 heavy (non-hydrogen) atoms. The van der Waals surface area contributed by atoms with Crippen molar-refractivity contribution in [2.24, 2.45) is 0 Å². The predicted molar refractivity (Wildman–Crippen MR) is 91.6 cm³/mol. The van der Waals surface area contributed by atoms with E-state index in [0.29, 0.717) is 16.4 Å². The minimum Gasteiger partial charge on any atom is -0.371 e. The third kappa shape index (κ3) is 4.79. The van der Waals surface area contributed by atoms with Gasteiger partial charge in [0.25, 0.3) is 0 Å². The summed E-state index contributed by atoms with van der Waals surface area (Å²) in [5.41, 5.74) is 2.07. The van der Waals surface area contributed by atoms with Crippen molar-refractivity contribution in [3.8, 4) is 5.75 Å². The van der Waals surface area contributed by atoms with Gasteiger partial charge in [0, 0.05) is 13.6 Å². The van der Waals surface area contributed by atoms with Gasteiger partial charge < -0.3 is 4.18 Å². The lowest BCUT2D eigenvalue weighted by Gasteiger charge is -2.18. The molecular formula is C16H17ClN2O3S. The number of nitrogens with zero attached hydrogens (tertiary/aromatic N) is 2. The summed E-state index contributed by atoms with van der Waals surface area (Å²) in [5, 5.41) is 0.324. The van der Waals surface area contributed by atoms with Gasteiger partial charge >= 0.3 is 10.3 Å². The summed E-state index contributed by atoms with van der Waals surface area (Å²) in [7, 11) is -2.51. The van der Waals surface area contributed by atoms with Gasteiger partial charge in [-0.05, 0) is 36.8 Å². The molecule has 7 heteroatoms. The van der Waals surface area contributed by atoms with Crippen molar-refractivity contribution in [1.29, 1.82) is 0 Å². The van der Waals surface area contributed by atoms with Crippen LogP contribution in [0.5, 0.6) is 5.75 Å². The lowest BCUT2D eigenvalue weighted by molar-refractivity contribution is 0.410. The molecule has 0 aliphatic rings. The van der Waals surface area contributed by atoms with Crippen LogP contribution in [-0.4, -0.2) is 31.3 Å². The Morgan fingerprint density at radius 3 is 2.52 bits per heavy atom. The minimum absolute atomic E-state index is 0.0432. The van der Waals surface area contributed by atoms with Crippen molar-refractivity contribution < 1.29 is 12.6 Å². The Hall–Kier alpha value is -1.89. The molecule has 2 rings (SSSR count). The van der Waals surface area contributed by atoms with E-state index in [1.807, 2.05) is 6.92 Å². The van der Waals surface area contributed by atoms with Crippen molar-refractivity contribution in [1.82, 2.24) is 9.29 Å². The number of pyridine rings is 1. The van der Waals surface area contributed by atoms with E-state index >= 15 is 0 Å². The molecule has 0 spiro atoms. The topological polar surface area (TPSA) is 59.5 Å². The van der Waals surface area contributed by atoms with Crippen molar-refractivity contribution in [3.63, 3.8) is 0 Å². The van der Waals surface area contributed by atoms with Crippen LogP contribution in [0.1, 0.15) is 11.3 Å². The van der Waals surface area contributed by atoms with E-state index in [4.69, 9.17) is 15.8 Å². The van der Waals surface area contributed by atoms with Crippen LogP contribution < -0.4 is 4.18 Å². The normalized spacial score (nSPS) is 11.5. The molecular weight excluding hydrogens is 336 g/mol. The Morgan fingerprint density at radius 2 is 1.91 bits per heavy atom. The second-order valence-corrected chi connectivity index (χ2v) is 7.09. The molecule has 0 saturated carbocycles. The number of rotatable bonds is 6. The highest BCUT2D eigenvalue weighted by molar-refractivity contribution is 7.84.